The molecule has 1 heterocycles. The van der Waals surface area contributed by atoms with Crippen LogP contribution in [0.4, 0.5) is 10.1 Å². The number of fused-ring (bicyclic) bond motifs is 2. The standard InChI is InChI=1S/C19H16ClFN2O3S/c1-2-3-8-26-19(25)10-4-6-13-12(9-10)23-17(20)16-14(27-13)7-5-11(21)15(16)18(22)24/h4-7,9H,2-3,8H2,1H3,(H2,22,24). The zero-order valence-corrected chi connectivity index (χ0v) is 16.0. The maximum atomic E-state index is 14.1. The fourth-order valence-electron chi connectivity index (χ4n) is 2.58. The smallest absolute Gasteiger partial charge is 0.338 e. The van der Waals surface area contributed by atoms with Gasteiger partial charge < -0.3 is 10.5 Å². The molecule has 0 saturated carbocycles. The SMILES string of the molecule is CCCCOC(=O)c1ccc2c(c1)N=C(Cl)c1c(ccc(F)c1C(N)=O)S2. The predicted octanol–water partition coefficient (Wildman–Crippen LogP) is 4.66. The number of carbonyl (C=O) groups is 2. The Morgan fingerprint density at radius 1 is 1.26 bits per heavy atom. The summed E-state index contributed by atoms with van der Waals surface area (Å²) in [5.41, 5.74) is 5.93. The lowest BCUT2D eigenvalue weighted by Crippen LogP contribution is -2.18. The van der Waals surface area contributed by atoms with Crippen molar-refractivity contribution in [2.75, 3.05) is 6.61 Å². The minimum atomic E-state index is -0.926. The van der Waals surface area contributed by atoms with Crippen molar-refractivity contribution in [1.82, 2.24) is 0 Å². The third kappa shape index (κ3) is 3.99. The van der Waals surface area contributed by atoms with Crippen LogP contribution in [-0.4, -0.2) is 23.7 Å². The fourth-order valence-corrected chi connectivity index (χ4v) is 3.94. The maximum Gasteiger partial charge on any atom is 0.338 e. The summed E-state index contributed by atoms with van der Waals surface area (Å²) in [4.78, 5) is 29.4. The van der Waals surface area contributed by atoms with Crippen molar-refractivity contribution in [2.24, 2.45) is 10.7 Å². The van der Waals surface area contributed by atoms with Crippen molar-refractivity contribution in [3.8, 4) is 0 Å². The van der Waals surface area contributed by atoms with Crippen molar-refractivity contribution in [2.45, 2.75) is 29.6 Å². The molecule has 1 aliphatic heterocycles. The molecule has 140 valence electrons. The molecule has 2 aromatic carbocycles. The summed E-state index contributed by atoms with van der Waals surface area (Å²) in [5.74, 6) is -2.14. The molecule has 1 aliphatic rings. The number of ether oxygens (including phenoxy) is 1. The number of nitrogens with two attached hydrogens (primary N) is 1. The molecule has 0 fully saturated rings. The van der Waals surface area contributed by atoms with Gasteiger partial charge in [-0.3, -0.25) is 4.79 Å². The van der Waals surface area contributed by atoms with Crippen LogP contribution in [0.3, 0.4) is 0 Å². The number of carbonyl (C=O) groups excluding carboxylic acids is 2. The molecule has 2 aromatic rings. The first kappa shape index (κ1) is 19.4. The van der Waals surface area contributed by atoms with E-state index in [-0.39, 0.29) is 16.3 Å². The number of primary amides is 1. The number of benzene rings is 2. The van der Waals surface area contributed by atoms with Gasteiger partial charge in [0.25, 0.3) is 5.91 Å². The molecule has 0 bridgehead atoms. The van der Waals surface area contributed by atoms with Gasteiger partial charge >= 0.3 is 5.97 Å². The number of amides is 1. The summed E-state index contributed by atoms with van der Waals surface area (Å²) in [6.45, 7) is 2.35. The lowest BCUT2D eigenvalue weighted by atomic mass is 10.1. The molecule has 0 aromatic heterocycles. The Morgan fingerprint density at radius 3 is 2.70 bits per heavy atom. The van der Waals surface area contributed by atoms with E-state index in [1.807, 2.05) is 6.92 Å². The molecule has 0 spiro atoms. The number of hydrogen-bond acceptors (Lipinski definition) is 5. The molecule has 2 N–H and O–H groups in total. The highest BCUT2D eigenvalue weighted by atomic mass is 35.5. The normalized spacial score (nSPS) is 12.5. The Kier molecular flexibility index (Phi) is 5.82. The lowest BCUT2D eigenvalue weighted by molar-refractivity contribution is 0.0499. The highest BCUT2D eigenvalue weighted by Gasteiger charge is 2.25. The van der Waals surface area contributed by atoms with Crippen molar-refractivity contribution in [3.63, 3.8) is 0 Å². The number of unbranched alkanes of at least 4 members (excludes halogenated alkanes) is 1. The second kappa shape index (κ2) is 8.10. The maximum absolute atomic E-state index is 14.1. The lowest BCUT2D eigenvalue weighted by Gasteiger charge is -2.10. The van der Waals surface area contributed by atoms with E-state index in [1.54, 1.807) is 18.2 Å². The van der Waals surface area contributed by atoms with Crippen molar-refractivity contribution >= 4 is 46.1 Å². The van der Waals surface area contributed by atoms with E-state index in [4.69, 9.17) is 22.1 Å². The first-order valence-electron chi connectivity index (χ1n) is 8.28. The van der Waals surface area contributed by atoms with Gasteiger partial charge in [0.2, 0.25) is 0 Å². The van der Waals surface area contributed by atoms with Gasteiger partial charge in [0.1, 0.15) is 11.0 Å². The second-order valence-electron chi connectivity index (χ2n) is 5.84. The third-order valence-electron chi connectivity index (χ3n) is 3.93. The highest BCUT2D eigenvalue weighted by molar-refractivity contribution is 7.99. The molecule has 0 atom stereocenters. The molecule has 8 heteroatoms. The third-order valence-corrected chi connectivity index (χ3v) is 5.33. The summed E-state index contributed by atoms with van der Waals surface area (Å²) >= 11 is 7.54. The zero-order valence-electron chi connectivity index (χ0n) is 14.4. The predicted molar refractivity (Wildman–Crippen MR) is 103 cm³/mol. The molecular formula is C19H16ClFN2O3S. The van der Waals surface area contributed by atoms with Gasteiger partial charge in [-0.1, -0.05) is 36.7 Å². The summed E-state index contributed by atoms with van der Waals surface area (Å²) < 4.78 is 19.3. The summed E-state index contributed by atoms with van der Waals surface area (Å²) in [6.07, 6.45) is 1.71. The molecule has 0 unspecified atom stereocenters. The molecule has 0 aliphatic carbocycles. The van der Waals surface area contributed by atoms with Crippen LogP contribution in [0.2, 0.25) is 0 Å². The first-order chi connectivity index (χ1) is 12.9. The van der Waals surface area contributed by atoms with E-state index >= 15 is 0 Å². The summed E-state index contributed by atoms with van der Waals surface area (Å²) in [6, 6.07) is 7.59. The van der Waals surface area contributed by atoms with Crippen LogP contribution in [0, 0.1) is 5.82 Å². The topological polar surface area (TPSA) is 81.8 Å². The van der Waals surface area contributed by atoms with Gasteiger partial charge in [-0.15, -0.1) is 0 Å². The Hall–Kier alpha value is -2.38. The molecule has 27 heavy (non-hydrogen) atoms. The van der Waals surface area contributed by atoms with Crippen LogP contribution in [0.1, 0.15) is 46.0 Å². The number of nitrogens with zero attached hydrogens (tertiary/aromatic N) is 1. The van der Waals surface area contributed by atoms with E-state index in [1.165, 1.54) is 23.9 Å². The van der Waals surface area contributed by atoms with E-state index < -0.39 is 17.7 Å². The molecule has 0 radical (unpaired) electrons. The summed E-state index contributed by atoms with van der Waals surface area (Å²) in [7, 11) is 0. The summed E-state index contributed by atoms with van der Waals surface area (Å²) in [5, 5.41) is -0.0685. The van der Waals surface area contributed by atoms with Crippen molar-refractivity contribution < 1.29 is 18.7 Å². The van der Waals surface area contributed by atoms with E-state index in [9.17, 15) is 14.0 Å². The Balaban J connectivity index is 2.02. The minimum Gasteiger partial charge on any atom is -0.462 e. The zero-order chi connectivity index (χ0) is 19.6. The van der Waals surface area contributed by atoms with Gasteiger partial charge in [0.05, 0.1) is 23.4 Å². The molecule has 1 amide bonds. The fraction of sp³-hybridized carbons (Fsp3) is 0.211. The number of hydrogen-bond donors (Lipinski definition) is 1. The van der Waals surface area contributed by atoms with Gasteiger partial charge in [0, 0.05) is 15.4 Å². The van der Waals surface area contributed by atoms with Crippen molar-refractivity contribution in [1.29, 1.82) is 0 Å². The number of aliphatic imine (C=N–C) groups is 1. The van der Waals surface area contributed by atoms with Crippen LogP contribution in [0.15, 0.2) is 45.1 Å². The van der Waals surface area contributed by atoms with Crippen LogP contribution >= 0.6 is 23.4 Å². The molecule has 5 nitrogen and oxygen atoms in total. The van der Waals surface area contributed by atoms with Gasteiger partial charge in [0.15, 0.2) is 0 Å². The highest BCUT2D eigenvalue weighted by Crippen LogP contribution is 2.42. The van der Waals surface area contributed by atoms with E-state index in [0.29, 0.717) is 27.6 Å². The Labute approximate surface area is 164 Å². The number of esters is 1. The van der Waals surface area contributed by atoms with Gasteiger partial charge in [-0.25, -0.2) is 14.2 Å². The van der Waals surface area contributed by atoms with Gasteiger partial charge in [-0.2, -0.15) is 0 Å². The monoisotopic (exact) mass is 406 g/mol. The largest absolute Gasteiger partial charge is 0.462 e. The van der Waals surface area contributed by atoms with Crippen LogP contribution in [0.5, 0.6) is 0 Å². The molecular weight excluding hydrogens is 391 g/mol. The minimum absolute atomic E-state index is 0.0685. The number of halogens is 2. The molecule has 3 rings (SSSR count). The van der Waals surface area contributed by atoms with E-state index in [0.717, 1.165) is 12.8 Å². The van der Waals surface area contributed by atoms with Crippen molar-refractivity contribution in [3.05, 3.63) is 52.8 Å². The second-order valence-corrected chi connectivity index (χ2v) is 7.28. The average Bonchev–Trinajstić information content (AvgIpc) is 2.77. The molecule has 0 saturated heterocycles. The van der Waals surface area contributed by atoms with Gasteiger partial charge in [-0.05, 0) is 36.8 Å². The average molecular weight is 407 g/mol. The van der Waals surface area contributed by atoms with Crippen LogP contribution in [0.25, 0.3) is 0 Å². The quantitative estimate of drug-likeness (QED) is 0.578. The Morgan fingerprint density at radius 2 is 2.00 bits per heavy atom. The number of rotatable bonds is 5. The van der Waals surface area contributed by atoms with Crippen LogP contribution < -0.4 is 5.73 Å². The van der Waals surface area contributed by atoms with Crippen LogP contribution in [-0.2, 0) is 4.74 Å². The Bertz CT molecular complexity index is 962. The first-order valence-corrected chi connectivity index (χ1v) is 9.47. The van der Waals surface area contributed by atoms with E-state index in [2.05, 4.69) is 4.99 Å².